The molecule has 18 heteroatoms. The molecule has 34 heavy (non-hydrogen) atoms. The topological polar surface area (TPSA) is 40.1 Å². The number of carbonyl (C=O) groups is 1. The van der Waals surface area contributed by atoms with Crippen molar-refractivity contribution in [3.05, 3.63) is 0 Å². The zero-order chi connectivity index (χ0) is 28.4. The van der Waals surface area contributed by atoms with Crippen molar-refractivity contribution in [2.24, 2.45) is 0 Å². The van der Waals surface area contributed by atoms with Crippen LogP contribution in [-0.2, 0) is 4.79 Å². The van der Waals surface area contributed by atoms with E-state index >= 15 is 0 Å². The lowest BCUT2D eigenvalue weighted by Gasteiger charge is -2.41. The molecule has 0 amide bonds. The van der Waals surface area contributed by atoms with E-state index in [4.69, 9.17) is 0 Å². The minimum Gasteiger partial charge on any atom is -0.544 e. The highest BCUT2D eigenvalue weighted by Crippen LogP contribution is 2.62. The van der Waals surface area contributed by atoms with Gasteiger partial charge in [0.05, 0.1) is 26.2 Å². The molecular weight excluding hydrogens is 523 g/mol. The molecule has 0 aliphatic carbocycles. The fourth-order valence-corrected chi connectivity index (χ4v) is 2.44. The van der Waals surface area contributed by atoms with E-state index in [0.717, 1.165) is 0 Å². The summed E-state index contributed by atoms with van der Waals surface area (Å²) < 4.78 is 188. The molecule has 0 unspecified atom stereocenters. The Balaban J connectivity index is 0. The van der Waals surface area contributed by atoms with Crippen LogP contribution in [0, 0.1) is 0 Å². The molecule has 0 aromatic heterocycles. The Bertz CT molecular complexity index is 667. The van der Waals surface area contributed by atoms with Crippen LogP contribution in [0.4, 0.5) is 65.9 Å². The molecule has 0 N–H and O–H groups in total. The van der Waals surface area contributed by atoms with Gasteiger partial charge in [-0.05, 0) is 27.7 Å². The number of hydrogen-bond acceptors (Lipinski definition) is 2. The fraction of sp³-hybridized carbons (Fsp3) is 0.938. The van der Waals surface area contributed by atoms with Gasteiger partial charge < -0.3 is 14.4 Å². The summed E-state index contributed by atoms with van der Waals surface area (Å²) in [6.07, 6.45) is -7.71. The molecule has 0 aliphatic heterocycles. The van der Waals surface area contributed by atoms with Crippen LogP contribution in [0.1, 0.15) is 27.7 Å². The number of carbonyl (C=O) groups excluding carboxylic acids is 1. The molecule has 0 rings (SSSR count). The normalized spacial score (nSPS) is 15.0. The lowest BCUT2D eigenvalue weighted by molar-refractivity contribution is -0.921. The number of hydrogen-bond donors (Lipinski definition) is 0. The van der Waals surface area contributed by atoms with Crippen LogP contribution >= 0.6 is 0 Å². The van der Waals surface area contributed by atoms with Gasteiger partial charge in [-0.2, -0.15) is 65.9 Å². The predicted octanol–water partition coefficient (Wildman–Crippen LogP) is 4.99. The van der Waals surface area contributed by atoms with Crippen molar-refractivity contribution < 1.29 is 80.2 Å². The van der Waals surface area contributed by atoms with Gasteiger partial charge in [0.15, 0.2) is 0 Å². The molecule has 0 spiro atoms. The van der Waals surface area contributed by atoms with Gasteiger partial charge in [-0.25, -0.2) is 0 Å². The number of rotatable bonds is 10. The first-order chi connectivity index (χ1) is 14.7. The summed E-state index contributed by atoms with van der Waals surface area (Å²) in [7, 11) is 0. The van der Waals surface area contributed by atoms with Crippen LogP contribution in [0.15, 0.2) is 0 Å². The maximum absolute atomic E-state index is 12.8. The quantitative estimate of drug-likeness (QED) is 0.288. The minimum absolute atomic E-state index is 1.28. The van der Waals surface area contributed by atoms with Crippen molar-refractivity contribution in [2.75, 3.05) is 26.2 Å². The summed E-state index contributed by atoms with van der Waals surface area (Å²) in [4.78, 5) is 9.61. The minimum atomic E-state index is -8.50. The molecule has 0 aromatic carbocycles. The first-order valence-electron chi connectivity index (χ1n) is 9.09. The van der Waals surface area contributed by atoms with Crippen molar-refractivity contribution in [1.29, 1.82) is 0 Å². The van der Waals surface area contributed by atoms with Gasteiger partial charge in [-0.15, -0.1) is 0 Å². The Morgan fingerprint density at radius 2 is 0.765 bits per heavy atom. The van der Waals surface area contributed by atoms with Crippen LogP contribution in [0.5, 0.6) is 0 Å². The molecule has 0 saturated heterocycles. The maximum atomic E-state index is 12.8. The molecule has 0 atom stereocenters. The van der Waals surface area contributed by atoms with Crippen molar-refractivity contribution in [3.63, 3.8) is 0 Å². The Morgan fingerprint density at radius 3 is 0.941 bits per heavy atom. The van der Waals surface area contributed by atoms with E-state index < -0.39 is 47.7 Å². The third kappa shape index (κ3) is 5.29. The Morgan fingerprint density at radius 1 is 0.529 bits per heavy atom. The molecule has 0 saturated carbocycles. The Kier molecular flexibility index (Phi) is 10.3. The van der Waals surface area contributed by atoms with Gasteiger partial charge in [0.25, 0.3) is 0 Å². The third-order valence-electron chi connectivity index (χ3n) is 5.27. The zero-order valence-corrected chi connectivity index (χ0v) is 17.8. The van der Waals surface area contributed by atoms with E-state index in [1.54, 1.807) is 0 Å². The summed E-state index contributed by atoms with van der Waals surface area (Å²) in [6, 6.07) is 0. The largest absolute Gasteiger partial charge is 0.544 e. The zero-order valence-electron chi connectivity index (χ0n) is 17.8. The monoisotopic (exact) mass is 543 g/mol. The fourth-order valence-electron chi connectivity index (χ4n) is 2.44. The lowest BCUT2D eigenvalue weighted by atomic mass is 9.91. The highest BCUT2D eigenvalue weighted by molar-refractivity contribution is 5.75. The lowest BCUT2D eigenvalue weighted by Crippen LogP contribution is -2.74. The summed E-state index contributed by atoms with van der Waals surface area (Å²) in [5.74, 6) is -53.3. The van der Waals surface area contributed by atoms with Crippen molar-refractivity contribution in [1.82, 2.24) is 0 Å². The number of carboxylic acids is 1. The molecular formula is C16H20F15NO2. The summed E-state index contributed by atoms with van der Waals surface area (Å²) in [5.41, 5.74) is 0. The van der Waals surface area contributed by atoms with Gasteiger partial charge >= 0.3 is 41.7 Å². The van der Waals surface area contributed by atoms with Gasteiger partial charge in [-0.3, -0.25) is 0 Å². The smallest absolute Gasteiger partial charge is 0.460 e. The molecule has 0 bridgehead atoms. The highest BCUT2D eigenvalue weighted by Gasteiger charge is 2.93. The van der Waals surface area contributed by atoms with Gasteiger partial charge in [0.1, 0.15) is 5.97 Å². The first kappa shape index (κ1) is 34.5. The van der Waals surface area contributed by atoms with Crippen molar-refractivity contribution in [2.45, 2.75) is 69.4 Å². The second-order valence-electron chi connectivity index (χ2n) is 6.84. The first-order valence-corrected chi connectivity index (χ1v) is 9.09. The SMILES string of the molecule is CC[N+](CC)(CC)CC.O=C([O-])C(F)(F)C(F)(F)C(F)(F)C(F)(F)C(F)(F)C(F)(F)C(F)(F)F. The predicted molar refractivity (Wildman–Crippen MR) is 83.2 cm³/mol. The summed E-state index contributed by atoms with van der Waals surface area (Å²) in [6.45, 7) is 14.2. The molecule has 0 radical (unpaired) electrons. The van der Waals surface area contributed by atoms with Crippen LogP contribution in [0.25, 0.3) is 0 Å². The average molecular weight is 543 g/mol. The van der Waals surface area contributed by atoms with Crippen LogP contribution in [0.3, 0.4) is 0 Å². The van der Waals surface area contributed by atoms with Gasteiger partial charge in [0.2, 0.25) is 0 Å². The van der Waals surface area contributed by atoms with Crippen LogP contribution in [-0.4, -0.2) is 78.3 Å². The maximum Gasteiger partial charge on any atom is 0.460 e. The third-order valence-corrected chi connectivity index (χ3v) is 5.27. The van der Waals surface area contributed by atoms with Crippen LogP contribution < -0.4 is 5.11 Å². The number of halogens is 15. The molecule has 0 aromatic rings. The standard InChI is InChI=1S/C8HF15O2.C8H20N/c9-2(10,1(24)25)3(11,12)4(13,14)5(15,16)6(17,18)7(19,20)8(21,22)23;1-5-9(6-2,7-3)8-4/h(H,24,25);5-8H2,1-4H3/q;+1/p-1. The van der Waals surface area contributed by atoms with E-state index in [9.17, 15) is 75.8 Å². The number of nitrogens with zero attached hydrogens (tertiary/aromatic N) is 1. The number of carboxylic acid groups (broad SMARTS) is 1. The van der Waals surface area contributed by atoms with Gasteiger partial charge in [-0.1, -0.05) is 0 Å². The van der Waals surface area contributed by atoms with Crippen molar-refractivity contribution >= 4 is 5.97 Å². The number of alkyl halides is 15. The summed E-state index contributed by atoms with van der Waals surface area (Å²) in [5, 5.41) is 9.61. The second-order valence-corrected chi connectivity index (χ2v) is 6.84. The number of aliphatic carboxylic acids is 1. The molecule has 0 heterocycles. The van der Waals surface area contributed by atoms with E-state index in [2.05, 4.69) is 27.7 Å². The highest BCUT2D eigenvalue weighted by atomic mass is 19.4. The van der Waals surface area contributed by atoms with Crippen LogP contribution in [0.2, 0.25) is 0 Å². The Labute approximate surface area is 183 Å². The van der Waals surface area contributed by atoms with E-state index in [1.165, 1.54) is 30.7 Å². The van der Waals surface area contributed by atoms with Gasteiger partial charge in [0, 0.05) is 0 Å². The molecule has 206 valence electrons. The molecule has 0 fully saturated rings. The van der Waals surface area contributed by atoms with E-state index in [-0.39, 0.29) is 0 Å². The molecule has 0 aliphatic rings. The summed E-state index contributed by atoms with van der Waals surface area (Å²) >= 11 is 0. The Hall–Kier alpha value is -1.62. The molecule has 3 nitrogen and oxygen atoms in total. The number of quaternary nitrogens is 1. The van der Waals surface area contributed by atoms with E-state index in [0.29, 0.717) is 0 Å². The van der Waals surface area contributed by atoms with E-state index in [1.807, 2.05) is 0 Å². The second kappa shape index (κ2) is 10.2. The average Bonchev–Trinajstić information content (AvgIpc) is 2.68. The van der Waals surface area contributed by atoms with Crippen molar-refractivity contribution in [3.8, 4) is 0 Å².